The van der Waals surface area contributed by atoms with Crippen molar-refractivity contribution in [1.82, 2.24) is 9.38 Å². The molecule has 1 atom stereocenters. The lowest BCUT2D eigenvalue weighted by Crippen LogP contribution is -2.19. The average Bonchev–Trinajstić information content (AvgIpc) is 2.94. The predicted octanol–water partition coefficient (Wildman–Crippen LogP) is 3.98. The summed E-state index contributed by atoms with van der Waals surface area (Å²) in [4.78, 5) is 4.21. The zero-order valence-electron chi connectivity index (χ0n) is 12.0. The second-order valence-corrected chi connectivity index (χ2v) is 5.94. The summed E-state index contributed by atoms with van der Waals surface area (Å²) >= 11 is 0. The lowest BCUT2D eigenvalue weighted by molar-refractivity contribution is 0.0799. The van der Waals surface area contributed by atoms with Crippen molar-refractivity contribution in [3.8, 4) is 0 Å². The standard InChI is InChI=1S/C17H22N2O/c1-12(2)15-9-8-14-10-18-11-19(14)16(15)17(20)13-6-4-3-5-7-13/h8-11,13,17,20H,1,3-7H2,2H3. The highest BCUT2D eigenvalue weighted by atomic mass is 16.3. The molecule has 0 aliphatic heterocycles. The van der Waals surface area contributed by atoms with E-state index in [0.29, 0.717) is 5.92 Å². The van der Waals surface area contributed by atoms with Gasteiger partial charge in [0.25, 0.3) is 0 Å². The van der Waals surface area contributed by atoms with Crippen LogP contribution in [-0.2, 0) is 0 Å². The maximum Gasteiger partial charge on any atom is 0.0995 e. The van der Waals surface area contributed by atoms with Gasteiger partial charge >= 0.3 is 0 Å². The van der Waals surface area contributed by atoms with Crippen LogP contribution >= 0.6 is 0 Å². The Kier molecular flexibility index (Phi) is 3.62. The molecule has 1 aliphatic carbocycles. The highest BCUT2D eigenvalue weighted by molar-refractivity contribution is 5.66. The molecule has 1 fully saturated rings. The van der Waals surface area contributed by atoms with Gasteiger partial charge in [0, 0.05) is 0 Å². The van der Waals surface area contributed by atoms with Gasteiger partial charge in [-0.25, -0.2) is 4.98 Å². The number of aromatic nitrogens is 2. The molecule has 2 aromatic heterocycles. The van der Waals surface area contributed by atoms with Crippen LogP contribution in [0.1, 0.15) is 56.4 Å². The van der Waals surface area contributed by atoms with E-state index in [-0.39, 0.29) is 0 Å². The monoisotopic (exact) mass is 270 g/mol. The van der Waals surface area contributed by atoms with Gasteiger partial charge < -0.3 is 5.11 Å². The molecule has 1 N–H and O–H groups in total. The van der Waals surface area contributed by atoms with Gasteiger partial charge in [0.1, 0.15) is 0 Å². The summed E-state index contributed by atoms with van der Waals surface area (Å²) in [6.07, 6.45) is 9.17. The van der Waals surface area contributed by atoms with Crippen molar-refractivity contribution in [2.75, 3.05) is 0 Å². The number of imidazole rings is 1. The fourth-order valence-corrected chi connectivity index (χ4v) is 3.35. The van der Waals surface area contributed by atoms with Crippen LogP contribution in [0.2, 0.25) is 0 Å². The van der Waals surface area contributed by atoms with Gasteiger partial charge in [-0.2, -0.15) is 0 Å². The molecular weight excluding hydrogens is 248 g/mol. The summed E-state index contributed by atoms with van der Waals surface area (Å²) in [7, 11) is 0. The minimum Gasteiger partial charge on any atom is -0.387 e. The van der Waals surface area contributed by atoms with Crippen molar-refractivity contribution in [1.29, 1.82) is 0 Å². The Bertz CT molecular complexity index is 623. The summed E-state index contributed by atoms with van der Waals surface area (Å²) in [5.41, 5.74) is 4.03. The zero-order chi connectivity index (χ0) is 14.1. The first-order valence-corrected chi connectivity index (χ1v) is 7.47. The third-order valence-electron chi connectivity index (χ3n) is 4.46. The molecule has 0 bridgehead atoms. The highest BCUT2D eigenvalue weighted by Gasteiger charge is 2.27. The number of hydrogen-bond donors (Lipinski definition) is 1. The van der Waals surface area contributed by atoms with Crippen LogP contribution in [0.3, 0.4) is 0 Å². The first kappa shape index (κ1) is 13.4. The van der Waals surface area contributed by atoms with Crippen molar-refractivity contribution >= 4 is 11.1 Å². The topological polar surface area (TPSA) is 37.5 Å². The molecule has 1 aliphatic rings. The summed E-state index contributed by atoms with van der Waals surface area (Å²) in [5, 5.41) is 10.9. The van der Waals surface area contributed by atoms with Gasteiger partial charge in [-0.05, 0) is 42.9 Å². The lowest BCUT2D eigenvalue weighted by atomic mass is 9.82. The van der Waals surface area contributed by atoms with E-state index in [9.17, 15) is 5.11 Å². The molecule has 0 amide bonds. The van der Waals surface area contributed by atoms with Crippen LogP contribution in [0.5, 0.6) is 0 Å². The minimum atomic E-state index is -0.431. The van der Waals surface area contributed by atoms with Gasteiger partial charge in [0.05, 0.1) is 29.8 Å². The number of rotatable bonds is 3. The van der Waals surface area contributed by atoms with E-state index in [2.05, 4.69) is 17.6 Å². The van der Waals surface area contributed by atoms with Crippen LogP contribution < -0.4 is 0 Å². The summed E-state index contributed by atoms with van der Waals surface area (Å²) in [6.45, 7) is 6.06. The Labute approximate surface area is 120 Å². The molecule has 0 radical (unpaired) electrons. The van der Waals surface area contributed by atoms with E-state index in [1.165, 1.54) is 19.3 Å². The van der Waals surface area contributed by atoms with Crippen LogP contribution in [0.15, 0.2) is 31.2 Å². The Morgan fingerprint density at radius 1 is 1.35 bits per heavy atom. The highest BCUT2D eigenvalue weighted by Crippen LogP contribution is 2.37. The molecule has 0 aromatic carbocycles. The van der Waals surface area contributed by atoms with Crippen LogP contribution in [0.4, 0.5) is 0 Å². The van der Waals surface area contributed by atoms with Crippen molar-refractivity contribution in [2.45, 2.75) is 45.1 Å². The molecule has 2 heterocycles. The van der Waals surface area contributed by atoms with Gasteiger partial charge in [-0.3, -0.25) is 4.40 Å². The molecular formula is C17H22N2O. The number of allylic oxidation sites excluding steroid dienone is 1. The number of fused-ring (bicyclic) bond motifs is 1. The normalized spacial score (nSPS) is 18.3. The largest absolute Gasteiger partial charge is 0.387 e. The maximum absolute atomic E-state index is 10.9. The number of hydrogen-bond acceptors (Lipinski definition) is 2. The Balaban J connectivity index is 2.09. The van der Waals surface area contributed by atoms with E-state index in [1.807, 2.05) is 23.6 Å². The number of aliphatic hydroxyl groups excluding tert-OH is 1. The van der Waals surface area contributed by atoms with Gasteiger partial charge in [-0.15, -0.1) is 0 Å². The Morgan fingerprint density at radius 2 is 2.10 bits per heavy atom. The maximum atomic E-state index is 10.9. The SMILES string of the molecule is C=C(C)c1ccc2cncn2c1C(O)C1CCCCC1. The van der Waals surface area contributed by atoms with Crippen molar-refractivity contribution in [3.63, 3.8) is 0 Å². The Morgan fingerprint density at radius 3 is 2.80 bits per heavy atom. The molecule has 2 aromatic rings. The number of pyridine rings is 1. The molecule has 1 unspecified atom stereocenters. The van der Waals surface area contributed by atoms with E-state index in [1.54, 1.807) is 6.33 Å². The van der Waals surface area contributed by atoms with Gasteiger partial charge in [0.2, 0.25) is 0 Å². The van der Waals surface area contributed by atoms with E-state index < -0.39 is 6.10 Å². The van der Waals surface area contributed by atoms with E-state index in [4.69, 9.17) is 0 Å². The van der Waals surface area contributed by atoms with Gasteiger partial charge in [-0.1, -0.05) is 31.9 Å². The third-order valence-corrected chi connectivity index (χ3v) is 4.46. The molecule has 0 spiro atoms. The average molecular weight is 270 g/mol. The molecule has 0 saturated heterocycles. The molecule has 20 heavy (non-hydrogen) atoms. The van der Waals surface area contributed by atoms with Crippen LogP contribution in [0.25, 0.3) is 11.1 Å². The first-order chi connectivity index (χ1) is 9.68. The minimum absolute atomic E-state index is 0.356. The molecule has 3 heteroatoms. The third kappa shape index (κ3) is 2.27. The Hall–Kier alpha value is -1.61. The van der Waals surface area contributed by atoms with E-state index >= 15 is 0 Å². The smallest absolute Gasteiger partial charge is 0.0995 e. The van der Waals surface area contributed by atoms with Crippen molar-refractivity contribution in [3.05, 3.63) is 42.5 Å². The fraction of sp³-hybridized carbons (Fsp3) is 0.471. The van der Waals surface area contributed by atoms with Gasteiger partial charge in [0.15, 0.2) is 0 Å². The lowest BCUT2D eigenvalue weighted by Gasteiger charge is -2.28. The fourth-order valence-electron chi connectivity index (χ4n) is 3.35. The second kappa shape index (κ2) is 5.41. The van der Waals surface area contributed by atoms with Crippen molar-refractivity contribution in [2.24, 2.45) is 5.92 Å². The summed E-state index contributed by atoms with van der Waals surface area (Å²) in [6, 6.07) is 4.09. The van der Waals surface area contributed by atoms with Crippen LogP contribution in [0, 0.1) is 5.92 Å². The van der Waals surface area contributed by atoms with Crippen LogP contribution in [-0.4, -0.2) is 14.5 Å². The predicted molar refractivity (Wildman–Crippen MR) is 81.4 cm³/mol. The first-order valence-electron chi connectivity index (χ1n) is 7.47. The molecule has 106 valence electrons. The molecule has 1 saturated carbocycles. The molecule has 3 rings (SSSR count). The number of nitrogens with zero attached hydrogens (tertiary/aromatic N) is 2. The number of aliphatic hydroxyl groups is 1. The summed E-state index contributed by atoms with van der Waals surface area (Å²) in [5.74, 6) is 0.356. The summed E-state index contributed by atoms with van der Waals surface area (Å²) < 4.78 is 2.02. The van der Waals surface area contributed by atoms with Crippen molar-refractivity contribution < 1.29 is 5.11 Å². The second-order valence-electron chi connectivity index (χ2n) is 5.94. The van der Waals surface area contributed by atoms with E-state index in [0.717, 1.165) is 35.2 Å². The quantitative estimate of drug-likeness (QED) is 0.916. The zero-order valence-corrected chi connectivity index (χ0v) is 12.0. The molecule has 3 nitrogen and oxygen atoms in total.